The normalized spacial score (nSPS) is 19.6. The van der Waals surface area contributed by atoms with Crippen molar-refractivity contribution in [1.82, 2.24) is 9.47 Å². The van der Waals surface area contributed by atoms with Gasteiger partial charge in [-0.05, 0) is 86.5 Å². The van der Waals surface area contributed by atoms with E-state index in [2.05, 4.69) is 48.6 Å². The summed E-state index contributed by atoms with van der Waals surface area (Å²) in [5.41, 5.74) is 9.48. The molecule has 3 heteroatoms. The van der Waals surface area contributed by atoms with Gasteiger partial charge in [0.25, 0.3) is 0 Å². The van der Waals surface area contributed by atoms with E-state index in [9.17, 15) is 4.39 Å². The van der Waals surface area contributed by atoms with Crippen LogP contribution in [-0.4, -0.2) is 22.1 Å². The fourth-order valence-electron chi connectivity index (χ4n) is 5.41. The Morgan fingerprint density at radius 1 is 1.21 bits per heavy atom. The Bertz CT molecular complexity index is 1100. The average Bonchev–Trinajstić information content (AvgIpc) is 3.27. The first-order valence-corrected chi connectivity index (χ1v) is 10.8. The van der Waals surface area contributed by atoms with Gasteiger partial charge in [0.05, 0.1) is 5.52 Å². The number of fused-ring (bicyclic) bond motifs is 4. The van der Waals surface area contributed by atoms with Crippen molar-refractivity contribution in [2.75, 3.05) is 6.54 Å². The molecule has 1 unspecified atom stereocenters. The number of halogens is 1. The van der Waals surface area contributed by atoms with Gasteiger partial charge in [0.2, 0.25) is 0 Å². The zero-order chi connectivity index (χ0) is 20.1. The molecule has 0 saturated carbocycles. The number of benzene rings is 2. The van der Waals surface area contributed by atoms with Crippen LogP contribution < -0.4 is 0 Å². The molecule has 1 fully saturated rings. The molecule has 1 aromatic heterocycles. The largest absolute Gasteiger partial charge is 0.346 e. The van der Waals surface area contributed by atoms with E-state index in [0.29, 0.717) is 0 Å². The summed E-state index contributed by atoms with van der Waals surface area (Å²) in [5.74, 6) is -0.183. The summed E-state index contributed by atoms with van der Waals surface area (Å²) in [7, 11) is 2.24. The predicted molar refractivity (Wildman–Crippen MR) is 119 cm³/mol. The summed E-state index contributed by atoms with van der Waals surface area (Å²) in [4.78, 5) is 2.67. The molecule has 29 heavy (non-hydrogen) atoms. The van der Waals surface area contributed by atoms with Crippen LogP contribution >= 0.6 is 0 Å². The summed E-state index contributed by atoms with van der Waals surface area (Å²) in [6, 6.07) is 12.3. The highest BCUT2D eigenvalue weighted by atomic mass is 19.1. The van der Waals surface area contributed by atoms with Crippen LogP contribution in [-0.2, 0) is 26.4 Å². The topological polar surface area (TPSA) is 8.17 Å². The van der Waals surface area contributed by atoms with Crippen LogP contribution in [0, 0.1) is 12.7 Å². The number of aryl methyl sites for hydroxylation is 2. The summed E-state index contributed by atoms with van der Waals surface area (Å²) in [6.07, 6.45) is 7.05. The zero-order valence-corrected chi connectivity index (χ0v) is 17.6. The second-order valence-corrected chi connectivity index (χ2v) is 8.87. The van der Waals surface area contributed by atoms with E-state index in [1.54, 1.807) is 5.56 Å². The van der Waals surface area contributed by atoms with E-state index < -0.39 is 0 Å². The van der Waals surface area contributed by atoms with Crippen LogP contribution in [0.15, 0.2) is 42.5 Å². The van der Waals surface area contributed by atoms with E-state index in [1.807, 2.05) is 12.1 Å². The number of hydrogen-bond acceptors (Lipinski definition) is 1. The molecule has 5 rings (SSSR count). The number of aromatic nitrogens is 1. The highest BCUT2D eigenvalue weighted by Crippen LogP contribution is 2.38. The highest BCUT2D eigenvalue weighted by Gasteiger charge is 2.33. The van der Waals surface area contributed by atoms with Crippen LogP contribution in [0.3, 0.4) is 0 Å². The van der Waals surface area contributed by atoms with Crippen molar-refractivity contribution in [2.24, 2.45) is 7.05 Å². The molecule has 1 saturated heterocycles. The van der Waals surface area contributed by atoms with Crippen LogP contribution in [0.1, 0.15) is 47.7 Å². The highest BCUT2D eigenvalue weighted by molar-refractivity contribution is 5.89. The maximum Gasteiger partial charge on any atom is 0.123 e. The lowest BCUT2D eigenvalue weighted by Gasteiger charge is -2.30. The second-order valence-electron chi connectivity index (χ2n) is 8.87. The smallest absolute Gasteiger partial charge is 0.123 e. The fourth-order valence-corrected chi connectivity index (χ4v) is 5.41. The lowest BCUT2D eigenvalue weighted by Crippen LogP contribution is -2.35. The third kappa shape index (κ3) is 3.22. The third-order valence-electron chi connectivity index (χ3n) is 6.97. The molecule has 0 bridgehead atoms. The van der Waals surface area contributed by atoms with Gasteiger partial charge in [0, 0.05) is 30.7 Å². The number of allylic oxidation sites excluding steroid dienone is 2. The van der Waals surface area contributed by atoms with Crippen molar-refractivity contribution in [1.29, 1.82) is 0 Å². The Balaban J connectivity index is 1.55. The molecule has 2 aromatic carbocycles. The predicted octanol–water partition coefficient (Wildman–Crippen LogP) is 5.79. The average molecular weight is 389 g/mol. The van der Waals surface area contributed by atoms with E-state index in [4.69, 9.17) is 0 Å². The molecule has 2 aliphatic heterocycles. The third-order valence-corrected chi connectivity index (χ3v) is 6.97. The van der Waals surface area contributed by atoms with Gasteiger partial charge in [0.15, 0.2) is 0 Å². The maximum atomic E-state index is 13.2. The van der Waals surface area contributed by atoms with Crippen molar-refractivity contribution >= 4 is 16.5 Å². The van der Waals surface area contributed by atoms with Crippen molar-refractivity contribution in [3.63, 3.8) is 0 Å². The van der Waals surface area contributed by atoms with Crippen molar-refractivity contribution < 1.29 is 4.39 Å². The standard InChI is InChI=1S/C26H29FN2/c1-17-13-20(7-6-18(2)19-8-10-21(27)11-9-19)26-24(14-17)23-15-22-5-4-12-29(22)16-25(23)28(26)3/h6,8-11,13-14,22H,4-5,7,12,15-16H2,1-3H3/b18-6-. The first kappa shape index (κ1) is 18.6. The van der Waals surface area contributed by atoms with E-state index in [0.717, 1.165) is 24.6 Å². The van der Waals surface area contributed by atoms with Gasteiger partial charge in [-0.15, -0.1) is 0 Å². The summed E-state index contributed by atoms with van der Waals surface area (Å²) < 4.78 is 15.7. The summed E-state index contributed by atoms with van der Waals surface area (Å²) >= 11 is 0. The van der Waals surface area contributed by atoms with Gasteiger partial charge in [-0.3, -0.25) is 4.90 Å². The number of rotatable bonds is 3. The Morgan fingerprint density at radius 2 is 2.00 bits per heavy atom. The molecular formula is C26H29FN2. The van der Waals surface area contributed by atoms with Gasteiger partial charge >= 0.3 is 0 Å². The first-order chi connectivity index (χ1) is 14.0. The second kappa shape index (κ2) is 7.14. The molecule has 1 atom stereocenters. The molecular weight excluding hydrogens is 359 g/mol. The monoisotopic (exact) mass is 388 g/mol. The van der Waals surface area contributed by atoms with E-state index in [-0.39, 0.29) is 5.82 Å². The van der Waals surface area contributed by atoms with Crippen molar-refractivity contribution in [2.45, 2.75) is 52.1 Å². The molecule has 0 N–H and O–H groups in total. The Morgan fingerprint density at radius 3 is 2.79 bits per heavy atom. The van der Waals surface area contributed by atoms with Gasteiger partial charge in [-0.2, -0.15) is 0 Å². The van der Waals surface area contributed by atoms with Crippen LogP contribution in [0.5, 0.6) is 0 Å². The molecule has 3 heterocycles. The SMILES string of the molecule is C/C(=C/Cc1cc(C)cc2c3c(n(C)c12)CN1CCCC1C3)c1ccc(F)cc1. The van der Waals surface area contributed by atoms with Gasteiger partial charge in [-0.25, -0.2) is 4.39 Å². The minimum absolute atomic E-state index is 0.183. The number of hydrogen-bond donors (Lipinski definition) is 0. The Labute approximate surface area is 172 Å². The van der Waals surface area contributed by atoms with Crippen LogP contribution in [0.4, 0.5) is 4.39 Å². The molecule has 3 aromatic rings. The van der Waals surface area contributed by atoms with E-state index in [1.165, 1.54) is 71.2 Å². The van der Waals surface area contributed by atoms with Gasteiger partial charge in [0.1, 0.15) is 5.82 Å². The number of nitrogens with zero attached hydrogens (tertiary/aromatic N) is 2. The fraction of sp³-hybridized carbons (Fsp3) is 0.385. The lowest BCUT2D eigenvalue weighted by molar-refractivity contribution is 0.222. The first-order valence-electron chi connectivity index (χ1n) is 10.8. The van der Waals surface area contributed by atoms with Crippen LogP contribution in [0.2, 0.25) is 0 Å². The van der Waals surface area contributed by atoms with Crippen molar-refractivity contribution in [3.05, 3.63) is 76.2 Å². The minimum Gasteiger partial charge on any atom is -0.346 e. The molecule has 2 nitrogen and oxygen atoms in total. The maximum absolute atomic E-state index is 13.2. The molecule has 0 aliphatic carbocycles. The van der Waals surface area contributed by atoms with E-state index >= 15 is 0 Å². The quantitative estimate of drug-likeness (QED) is 0.551. The van der Waals surface area contributed by atoms with Gasteiger partial charge in [-0.1, -0.05) is 29.8 Å². The molecule has 2 aliphatic rings. The molecule has 0 radical (unpaired) electrons. The summed E-state index contributed by atoms with van der Waals surface area (Å²) in [6.45, 7) is 6.67. The molecule has 0 amide bonds. The lowest BCUT2D eigenvalue weighted by atomic mass is 9.94. The molecule has 0 spiro atoms. The Kier molecular flexibility index (Phi) is 4.59. The van der Waals surface area contributed by atoms with Crippen LogP contribution in [0.25, 0.3) is 16.5 Å². The summed E-state index contributed by atoms with van der Waals surface area (Å²) in [5, 5.41) is 1.46. The Hall–Kier alpha value is -2.39. The van der Waals surface area contributed by atoms with Gasteiger partial charge < -0.3 is 4.57 Å². The zero-order valence-electron chi connectivity index (χ0n) is 17.6. The molecule has 150 valence electrons. The van der Waals surface area contributed by atoms with Crippen molar-refractivity contribution in [3.8, 4) is 0 Å². The minimum atomic E-state index is -0.183.